The Morgan fingerprint density at radius 2 is 2.12 bits per heavy atom. The van der Waals surface area contributed by atoms with Crippen LogP contribution in [0.2, 0.25) is 10.0 Å². The van der Waals surface area contributed by atoms with E-state index in [2.05, 4.69) is 15.5 Å². The molecule has 0 unspecified atom stereocenters. The maximum atomic E-state index is 6.07. The molecule has 1 aromatic carbocycles. The molecule has 0 radical (unpaired) electrons. The van der Waals surface area contributed by atoms with Crippen LogP contribution in [-0.2, 0) is 19.5 Å². The lowest BCUT2D eigenvalue weighted by atomic mass is 10.1. The van der Waals surface area contributed by atoms with Crippen LogP contribution >= 0.6 is 23.2 Å². The molecule has 0 atom stereocenters. The Bertz CT molecular complexity index is 511. The maximum absolute atomic E-state index is 6.07. The van der Waals surface area contributed by atoms with Crippen LogP contribution in [0.15, 0.2) is 18.2 Å². The van der Waals surface area contributed by atoms with Crippen LogP contribution in [0, 0.1) is 0 Å². The molecule has 1 heterocycles. The van der Waals surface area contributed by atoms with Crippen molar-refractivity contribution in [1.82, 2.24) is 20.2 Å². The van der Waals surface area contributed by atoms with E-state index >= 15 is 0 Å². The molecule has 2 aromatic rings. The number of halogens is 2. The predicted molar refractivity (Wildman–Crippen MR) is 65.9 cm³/mol. The Kier molecular flexibility index (Phi) is 3.93. The molecule has 5 nitrogen and oxygen atoms in total. The van der Waals surface area contributed by atoms with E-state index in [9.17, 15) is 0 Å². The second-order valence-electron chi connectivity index (χ2n) is 3.51. The van der Waals surface area contributed by atoms with Gasteiger partial charge in [0.15, 0.2) is 5.82 Å². The first-order valence-electron chi connectivity index (χ1n) is 5.09. The first-order valence-corrected chi connectivity index (χ1v) is 5.85. The lowest BCUT2D eigenvalue weighted by Crippen LogP contribution is -2.11. The van der Waals surface area contributed by atoms with Crippen LogP contribution in [0.1, 0.15) is 11.4 Å². The fraction of sp³-hybridized carbons (Fsp3) is 0.300. The molecule has 0 aliphatic carbocycles. The van der Waals surface area contributed by atoms with Crippen molar-refractivity contribution < 1.29 is 0 Å². The van der Waals surface area contributed by atoms with E-state index in [1.165, 1.54) is 0 Å². The standard InChI is InChI=1S/C10H11Cl2N5/c11-8-2-1-7(9(12)5-8)3-4-17-10(6-13)14-15-16-17/h1-2,5H,3-4,6,13H2. The second kappa shape index (κ2) is 5.44. The van der Waals surface area contributed by atoms with Gasteiger partial charge in [0.1, 0.15) is 0 Å². The summed E-state index contributed by atoms with van der Waals surface area (Å²) >= 11 is 11.9. The Morgan fingerprint density at radius 3 is 2.82 bits per heavy atom. The van der Waals surface area contributed by atoms with Gasteiger partial charge in [-0.25, -0.2) is 4.68 Å². The molecule has 1 aromatic heterocycles. The van der Waals surface area contributed by atoms with Gasteiger partial charge in [0.2, 0.25) is 0 Å². The fourth-order valence-electron chi connectivity index (χ4n) is 1.49. The molecule has 0 aliphatic heterocycles. The van der Waals surface area contributed by atoms with Gasteiger partial charge in [0, 0.05) is 16.6 Å². The highest BCUT2D eigenvalue weighted by atomic mass is 35.5. The van der Waals surface area contributed by atoms with E-state index in [0.29, 0.717) is 29.0 Å². The van der Waals surface area contributed by atoms with E-state index in [-0.39, 0.29) is 0 Å². The van der Waals surface area contributed by atoms with E-state index in [4.69, 9.17) is 28.9 Å². The molecule has 0 saturated carbocycles. The third kappa shape index (κ3) is 2.94. The van der Waals surface area contributed by atoms with E-state index in [0.717, 1.165) is 12.0 Å². The summed E-state index contributed by atoms with van der Waals surface area (Å²) < 4.78 is 1.67. The SMILES string of the molecule is NCc1nnnn1CCc1ccc(Cl)cc1Cl. The number of tetrazole rings is 1. The highest BCUT2D eigenvalue weighted by molar-refractivity contribution is 6.35. The smallest absolute Gasteiger partial charge is 0.164 e. The Morgan fingerprint density at radius 1 is 1.29 bits per heavy atom. The summed E-state index contributed by atoms with van der Waals surface area (Å²) in [6, 6.07) is 5.44. The molecule has 7 heteroatoms. The van der Waals surface area contributed by atoms with Gasteiger partial charge in [-0.05, 0) is 34.5 Å². The van der Waals surface area contributed by atoms with Gasteiger partial charge in [-0.2, -0.15) is 0 Å². The molecular formula is C10H11Cl2N5. The summed E-state index contributed by atoms with van der Waals surface area (Å²) in [5, 5.41) is 12.5. The number of hydrogen-bond donors (Lipinski definition) is 1. The first kappa shape index (κ1) is 12.3. The number of aryl methyl sites for hydroxylation is 2. The largest absolute Gasteiger partial charge is 0.324 e. The molecule has 2 N–H and O–H groups in total. The highest BCUT2D eigenvalue weighted by Gasteiger charge is 2.06. The first-order chi connectivity index (χ1) is 8.20. The van der Waals surface area contributed by atoms with Gasteiger partial charge in [0.25, 0.3) is 0 Å². The zero-order valence-electron chi connectivity index (χ0n) is 8.98. The third-order valence-corrected chi connectivity index (χ3v) is 2.98. The van der Waals surface area contributed by atoms with Gasteiger partial charge in [-0.15, -0.1) is 5.10 Å². The van der Waals surface area contributed by atoms with Gasteiger partial charge < -0.3 is 5.73 Å². The zero-order valence-corrected chi connectivity index (χ0v) is 10.5. The predicted octanol–water partition coefficient (Wildman–Crippen LogP) is 1.68. The van der Waals surface area contributed by atoms with Gasteiger partial charge >= 0.3 is 0 Å². The minimum absolute atomic E-state index is 0.321. The summed E-state index contributed by atoms with van der Waals surface area (Å²) in [5.41, 5.74) is 6.52. The van der Waals surface area contributed by atoms with Crippen molar-refractivity contribution in [3.05, 3.63) is 39.6 Å². The number of rotatable bonds is 4. The molecular weight excluding hydrogens is 261 g/mol. The molecule has 2 rings (SSSR count). The topological polar surface area (TPSA) is 69.6 Å². The number of nitrogens with zero attached hydrogens (tertiary/aromatic N) is 4. The van der Waals surface area contributed by atoms with Crippen LogP contribution in [-0.4, -0.2) is 20.2 Å². The minimum atomic E-state index is 0.321. The van der Waals surface area contributed by atoms with Crippen molar-refractivity contribution in [2.24, 2.45) is 5.73 Å². The summed E-state index contributed by atoms with van der Waals surface area (Å²) in [6.07, 6.45) is 0.730. The van der Waals surface area contributed by atoms with E-state index < -0.39 is 0 Å². The average Bonchev–Trinajstić information content (AvgIpc) is 2.75. The second-order valence-corrected chi connectivity index (χ2v) is 4.35. The zero-order chi connectivity index (χ0) is 12.3. The van der Waals surface area contributed by atoms with Crippen LogP contribution in [0.3, 0.4) is 0 Å². The quantitative estimate of drug-likeness (QED) is 0.919. The molecule has 0 aliphatic rings. The number of benzene rings is 1. The Hall–Kier alpha value is -1.17. The number of nitrogens with two attached hydrogens (primary N) is 1. The van der Waals surface area contributed by atoms with Crippen molar-refractivity contribution in [2.45, 2.75) is 19.5 Å². The fourth-order valence-corrected chi connectivity index (χ4v) is 2.00. The Labute approximate surface area is 109 Å². The lowest BCUT2D eigenvalue weighted by molar-refractivity contribution is 0.565. The Balaban J connectivity index is 2.07. The summed E-state index contributed by atoms with van der Waals surface area (Å²) in [4.78, 5) is 0. The molecule has 0 saturated heterocycles. The monoisotopic (exact) mass is 271 g/mol. The average molecular weight is 272 g/mol. The van der Waals surface area contributed by atoms with Crippen molar-refractivity contribution in [3.8, 4) is 0 Å². The van der Waals surface area contributed by atoms with E-state index in [1.807, 2.05) is 12.1 Å². The van der Waals surface area contributed by atoms with Gasteiger partial charge in [-0.1, -0.05) is 29.3 Å². The maximum Gasteiger partial charge on any atom is 0.164 e. The molecule has 90 valence electrons. The van der Waals surface area contributed by atoms with Crippen LogP contribution in [0.4, 0.5) is 0 Å². The number of hydrogen-bond acceptors (Lipinski definition) is 4. The molecule has 0 amide bonds. The number of aromatic nitrogens is 4. The van der Waals surface area contributed by atoms with Crippen molar-refractivity contribution >= 4 is 23.2 Å². The van der Waals surface area contributed by atoms with Crippen LogP contribution in [0.5, 0.6) is 0 Å². The summed E-state index contributed by atoms with van der Waals surface area (Å²) in [5.74, 6) is 0.662. The van der Waals surface area contributed by atoms with E-state index in [1.54, 1.807) is 10.7 Å². The van der Waals surface area contributed by atoms with Crippen molar-refractivity contribution in [1.29, 1.82) is 0 Å². The molecule has 0 bridgehead atoms. The molecule has 0 fully saturated rings. The minimum Gasteiger partial charge on any atom is -0.324 e. The normalized spacial score (nSPS) is 10.8. The summed E-state index contributed by atoms with van der Waals surface area (Å²) in [6.45, 7) is 0.961. The van der Waals surface area contributed by atoms with Crippen LogP contribution < -0.4 is 5.73 Å². The third-order valence-electron chi connectivity index (χ3n) is 2.40. The highest BCUT2D eigenvalue weighted by Crippen LogP contribution is 2.21. The van der Waals surface area contributed by atoms with Crippen molar-refractivity contribution in [3.63, 3.8) is 0 Å². The molecule has 0 spiro atoms. The van der Waals surface area contributed by atoms with Crippen LogP contribution in [0.25, 0.3) is 0 Å². The molecule has 17 heavy (non-hydrogen) atoms. The van der Waals surface area contributed by atoms with Gasteiger partial charge in [0.05, 0.1) is 6.54 Å². The van der Waals surface area contributed by atoms with Gasteiger partial charge in [-0.3, -0.25) is 0 Å². The van der Waals surface area contributed by atoms with Crippen molar-refractivity contribution in [2.75, 3.05) is 0 Å². The lowest BCUT2D eigenvalue weighted by Gasteiger charge is -2.05. The summed E-state index contributed by atoms with van der Waals surface area (Å²) in [7, 11) is 0.